The Morgan fingerprint density at radius 3 is 2.25 bits per heavy atom. The van der Waals surface area contributed by atoms with Crippen molar-refractivity contribution in [1.82, 2.24) is 0 Å². The summed E-state index contributed by atoms with van der Waals surface area (Å²) >= 11 is 0. The summed E-state index contributed by atoms with van der Waals surface area (Å²) in [7, 11) is 0. The van der Waals surface area contributed by atoms with E-state index in [1.54, 1.807) is 0 Å². The Kier molecular flexibility index (Phi) is 1.18. The Morgan fingerprint density at radius 1 is 1.50 bits per heavy atom. The molecule has 8 heavy (non-hydrogen) atoms. The third-order valence-corrected chi connectivity index (χ3v) is 2.31. The van der Waals surface area contributed by atoms with Crippen molar-refractivity contribution < 1.29 is 0 Å². The van der Waals surface area contributed by atoms with Gasteiger partial charge in [-0.05, 0) is 17.8 Å². The van der Waals surface area contributed by atoms with Crippen molar-refractivity contribution in [3.63, 3.8) is 0 Å². The standard InChI is InChI=1S/C8H14/c1-7-5-4-6-8(7,2)3/h4,6-7H,5H2,1-3H3. The summed E-state index contributed by atoms with van der Waals surface area (Å²) in [5.41, 5.74) is 0.472. The van der Waals surface area contributed by atoms with E-state index in [-0.39, 0.29) is 0 Å². The van der Waals surface area contributed by atoms with Crippen LogP contribution in [-0.4, -0.2) is 0 Å². The van der Waals surface area contributed by atoms with Gasteiger partial charge < -0.3 is 0 Å². The zero-order chi connectivity index (χ0) is 6.20. The molecule has 0 heterocycles. The van der Waals surface area contributed by atoms with Gasteiger partial charge in [-0.2, -0.15) is 0 Å². The van der Waals surface area contributed by atoms with Crippen LogP contribution in [0.15, 0.2) is 12.2 Å². The van der Waals surface area contributed by atoms with E-state index < -0.39 is 0 Å². The Morgan fingerprint density at radius 2 is 2.12 bits per heavy atom. The van der Waals surface area contributed by atoms with E-state index in [9.17, 15) is 0 Å². The summed E-state index contributed by atoms with van der Waals surface area (Å²) in [5.74, 6) is 0.850. The predicted molar refractivity (Wildman–Crippen MR) is 36.7 cm³/mol. The molecule has 1 rings (SSSR count). The zero-order valence-electron chi connectivity index (χ0n) is 5.94. The molecule has 1 aliphatic carbocycles. The molecule has 0 spiro atoms. The molecule has 0 aromatic heterocycles. The number of allylic oxidation sites excluding steroid dienone is 2. The highest BCUT2D eigenvalue weighted by atomic mass is 14.3. The second-order valence-electron chi connectivity index (χ2n) is 3.36. The van der Waals surface area contributed by atoms with Crippen molar-refractivity contribution in [1.29, 1.82) is 0 Å². The molecule has 0 bridgehead atoms. The summed E-state index contributed by atoms with van der Waals surface area (Å²) in [6.07, 6.45) is 5.87. The van der Waals surface area contributed by atoms with Gasteiger partial charge in [-0.3, -0.25) is 0 Å². The van der Waals surface area contributed by atoms with E-state index in [2.05, 4.69) is 32.9 Å². The highest BCUT2D eigenvalue weighted by Gasteiger charge is 2.25. The van der Waals surface area contributed by atoms with Gasteiger partial charge in [0.15, 0.2) is 0 Å². The first-order chi connectivity index (χ1) is 3.63. The zero-order valence-corrected chi connectivity index (χ0v) is 5.94. The summed E-state index contributed by atoms with van der Waals surface area (Å²) in [6.45, 7) is 6.89. The molecule has 1 atom stereocenters. The number of rotatable bonds is 0. The van der Waals surface area contributed by atoms with Crippen molar-refractivity contribution in [2.45, 2.75) is 27.2 Å². The lowest BCUT2D eigenvalue weighted by Crippen LogP contribution is -2.12. The van der Waals surface area contributed by atoms with Crippen LogP contribution in [0.2, 0.25) is 0 Å². The van der Waals surface area contributed by atoms with Gasteiger partial charge in [0, 0.05) is 0 Å². The molecule has 0 nitrogen and oxygen atoms in total. The lowest BCUT2D eigenvalue weighted by atomic mass is 9.84. The average Bonchev–Trinajstić information content (AvgIpc) is 1.86. The van der Waals surface area contributed by atoms with Crippen LogP contribution in [0.25, 0.3) is 0 Å². The monoisotopic (exact) mass is 110 g/mol. The largest absolute Gasteiger partial charge is 0.0877 e. The summed E-state index contributed by atoms with van der Waals surface area (Å²) in [6, 6.07) is 0. The second-order valence-corrected chi connectivity index (χ2v) is 3.36. The fraction of sp³-hybridized carbons (Fsp3) is 0.750. The molecule has 0 aromatic carbocycles. The molecule has 0 N–H and O–H groups in total. The van der Waals surface area contributed by atoms with Crippen LogP contribution < -0.4 is 0 Å². The smallest absolute Gasteiger partial charge is 0.0146 e. The molecule has 0 fully saturated rings. The molecule has 1 unspecified atom stereocenters. The van der Waals surface area contributed by atoms with E-state index in [0.717, 1.165) is 5.92 Å². The van der Waals surface area contributed by atoms with Gasteiger partial charge in [0.2, 0.25) is 0 Å². The molecule has 0 saturated heterocycles. The maximum Gasteiger partial charge on any atom is -0.0146 e. The first-order valence-corrected chi connectivity index (χ1v) is 3.30. The van der Waals surface area contributed by atoms with Gasteiger partial charge in [0.25, 0.3) is 0 Å². The molecular weight excluding hydrogens is 96.1 g/mol. The lowest BCUT2D eigenvalue weighted by molar-refractivity contribution is 0.335. The Hall–Kier alpha value is -0.260. The van der Waals surface area contributed by atoms with Crippen LogP contribution in [0.4, 0.5) is 0 Å². The average molecular weight is 110 g/mol. The van der Waals surface area contributed by atoms with Crippen LogP contribution in [0, 0.1) is 11.3 Å². The summed E-state index contributed by atoms with van der Waals surface area (Å²) < 4.78 is 0. The number of hydrogen-bond donors (Lipinski definition) is 0. The highest BCUT2D eigenvalue weighted by molar-refractivity contribution is 5.05. The normalized spacial score (nSPS) is 33.6. The van der Waals surface area contributed by atoms with Crippen LogP contribution in [0.5, 0.6) is 0 Å². The van der Waals surface area contributed by atoms with Gasteiger partial charge in [0.1, 0.15) is 0 Å². The minimum absolute atomic E-state index is 0.472. The van der Waals surface area contributed by atoms with E-state index in [4.69, 9.17) is 0 Å². The predicted octanol–water partition coefficient (Wildman–Crippen LogP) is 2.61. The molecular formula is C8H14. The van der Waals surface area contributed by atoms with Crippen molar-refractivity contribution in [2.75, 3.05) is 0 Å². The van der Waals surface area contributed by atoms with E-state index in [1.165, 1.54) is 6.42 Å². The van der Waals surface area contributed by atoms with Gasteiger partial charge >= 0.3 is 0 Å². The van der Waals surface area contributed by atoms with Gasteiger partial charge in [-0.25, -0.2) is 0 Å². The molecule has 0 aromatic rings. The first kappa shape index (κ1) is 5.87. The quantitative estimate of drug-likeness (QED) is 0.420. The van der Waals surface area contributed by atoms with Crippen LogP contribution in [0.3, 0.4) is 0 Å². The fourth-order valence-corrected chi connectivity index (χ4v) is 1.04. The van der Waals surface area contributed by atoms with E-state index >= 15 is 0 Å². The van der Waals surface area contributed by atoms with Crippen molar-refractivity contribution in [2.24, 2.45) is 11.3 Å². The fourth-order valence-electron chi connectivity index (χ4n) is 1.04. The van der Waals surface area contributed by atoms with Crippen molar-refractivity contribution in [3.05, 3.63) is 12.2 Å². The van der Waals surface area contributed by atoms with Crippen LogP contribution in [0.1, 0.15) is 27.2 Å². The maximum atomic E-state index is 2.32. The van der Waals surface area contributed by atoms with Crippen molar-refractivity contribution in [3.8, 4) is 0 Å². The molecule has 0 amide bonds. The topological polar surface area (TPSA) is 0 Å². The third-order valence-electron chi connectivity index (χ3n) is 2.31. The third kappa shape index (κ3) is 0.795. The van der Waals surface area contributed by atoms with Gasteiger partial charge in [-0.15, -0.1) is 0 Å². The minimum Gasteiger partial charge on any atom is -0.0877 e. The maximum absolute atomic E-state index is 2.32. The second kappa shape index (κ2) is 1.61. The minimum atomic E-state index is 0.472. The Balaban J connectivity index is 2.67. The highest BCUT2D eigenvalue weighted by Crippen LogP contribution is 2.35. The van der Waals surface area contributed by atoms with Gasteiger partial charge in [0.05, 0.1) is 0 Å². The van der Waals surface area contributed by atoms with E-state index in [1.807, 2.05) is 0 Å². The molecule has 46 valence electrons. The summed E-state index contributed by atoms with van der Waals surface area (Å²) in [4.78, 5) is 0. The van der Waals surface area contributed by atoms with Crippen molar-refractivity contribution >= 4 is 0 Å². The SMILES string of the molecule is CC1CC=CC1(C)C. The Bertz CT molecular complexity index is 109. The molecule has 0 heteroatoms. The van der Waals surface area contributed by atoms with Crippen LogP contribution in [-0.2, 0) is 0 Å². The van der Waals surface area contributed by atoms with E-state index in [0.29, 0.717) is 5.41 Å². The molecule has 1 aliphatic rings. The molecule has 0 aliphatic heterocycles. The molecule has 0 radical (unpaired) electrons. The first-order valence-electron chi connectivity index (χ1n) is 3.30. The molecule has 0 saturated carbocycles. The lowest BCUT2D eigenvalue weighted by Gasteiger charge is -2.21. The summed E-state index contributed by atoms with van der Waals surface area (Å²) in [5, 5.41) is 0. The number of hydrogen-bond acceptors (Lipinski definition) is 0. The van der Waals surface area contributed by atoms with Crippen LogP contribution >= 0.6 is 0 Å². The Labute approximate surface area is 51.6 Å². The van der Waals surface area contributed by atoms with Gasteiger partial charge in [-0.1, -0.05) is 32.9 Å².